The average molecular weight is 415 g/mol. The third-order valence-corrected chi connectivity index (χ3v) is 7.03. The van der Waals surface area contributed by atoms with Crippen LogP contribution < -0.4 is 5.32 Å². The van der Waals surface area contributed by atoms with Crippen molar-refractivity contribution >= 4 is 34.9 Å². The van der Waals surface area contributed by atoms with E-state index in [9.17, 15) is 0 Å². The Kier molecular flexibility index (Phi) is 6.29. The number of ether oxygens (including phenoxy) is 1. The highest BCUT2D eigenvalue weighted by Gasteiger charge is 2.41. The Morgan fingerprint density at radius 2 is 2.00 bits per heavy atom. The van der Waals surface area contributed by atoms with Gasteiger partial charge in [0.05, 0.1) is 13.2 Å². The Labute approximate surface area is 176 Å². The molecule has 0 bridgehead atoms. The Morgan fingerprint density at radius 1 is 1.14 bits per heavy atom. The minimum Gasteiger partial charge on any atom is -0.384 e. The number of hydrogen-bond acceptors (Lipinski definition) is 3. The molecule has 4 rings (SSSR count). The minimum atomic E-state index is 0.144. The van der Waals surface area contributed by atoms with Gasteiger partial charge in [-0.1, -0.05) is 35.9 Å². The summed E-state index contributed by atoms with van der Waals surface area (Å²) < 4.78 is 5.24. The van der Waals surface area contributed by atoms with Crippen molar-refractivity contribution in [3.8, 4) is 0 Å². The number of anilines is 1. The van der Waals surface area contributed by atoms with E-state index in [0.717, 1.165) is 35.9 Å². The van der Waals surface area contributed by atoms with Crippen molar-refractivity contribution in [1.82, 2.24) is 0 Å². The van der Waals surface area contributed by atoms with Gasteiger partial charge in [-0.2, -0.15) is 11.8 Å². The number of methoxy groups -OCH3 is 1. The van der Waals surface area contributed by atoms with Crippen LogP contribution in [0.5, 0.6) is 0 Å². The highest BCUT2D eigenvalue weighted by Crippen LogP contribution is 2.44. The van der Waals surface area contributed by atoms with Crippen molar-refractivity contribution in [2.45, 2.75) is 32.2 Å². The second-order valence-corrected chi connectivity index (χ2v) is 9.38. The van der Waals surface area contributed by atoms with Gasteiger partial charge in [0.25, 0.3) is 0 Å². The van der Waals surface area contributed by atoms with E-state index in [2.05, 4.69) is 41.3 Å². The molecule has 0 saturated carbocycles. The molecule has 1 saturated heterocycles. The summed E-state index contributed by atoms with van der Waals surface area (Å²) in [6.45, 7) is 1.41. The molecular formula is C23H27ClN2OS. The summed E-state index contributed by atoms with van der Waals surface area (Å²) in [7, 11) is 1.75. The molecule has 5 heteroatoms. The monoisotopic (exact) mass is 414 g/mol. The average Bonchev–Trinajstić information content (AvgIpc) is 2.71. The van der Waals surface area contributed by atoms with Gasteiger partial charge in [-0.05, 0) is 72.1 Å². The molecule has 1 N–H and O–H groups in total. The largest absolute Gasteiger partial charge is 0.384 e. The van der Waals surface area contributed by atoms with Crippen LogP contribution in [0.4, 0.5) is 5.69 Å². The molecule has 2 aromatic carbocycles. The van der Waals surface area contributed by atoms with Crippen LogP contribution in [0.2, 0.25) is 5.02 Å². The first-order valence-electron chi connectivity index (χ1n) is 9.93. The van der Waals surface area contributed by atoms with Crippen LogP contribution in [0.1, 0.15) is 29.5 Å². The van der Waals surface area contributed by atoms with Crippen LogP contribution in [0.25, 0.3) is 0 Å². The van der Waals surface area contributed by atoms with Gasteiger partial charge in [-0.25, -0.2) is 0 Å². The van der Waals surface area contributed by atoms with E-state index < -0.39 is 0 Å². The number of nitrogens with zero attached hydrogens (tertiary/aromatic N) is 1. The Balaban J connectivity index is 1.63. The van der Waals surface area contributed by atoms with Gasteiger partial charge < -0.3 is 10.1 Å². The first-order valence-corrected chi connectivity index (χ1v) is 11.5. The molecule has 0 aliphatic carbocycles. The van der Waals surface area contributed by atoms with Crippen molar-refractivity contribution < 1.29 is 4.74 Å². The van der Waals surface area contributed by atoms with Crippen LogP contribution in [-0.2, 0) is 24.1 Å². The predicted molar refractivity (Wildman–Crippen MR) is 121 cm³/mol. The maximum absolute atomic E-state index is 6.16. The summed E-state index contributed by atoms with van der Waals surface area (Å²) in [5.41, 5.74) is 5.22. The SMILES string of the molecule is COCCc1ccc2c(c1)NC(=NCc1cccc(Cl)c1)C1(CCSCC1)C2. The lowest BCUT2D eigenvalue weighted by Crippen LogP contribution is -2.44. The normalized spacial score (nSPS) is 19.4. The first kappa shape index (κ1) is 19.8. The summed E-state index contributed by atoms with van der Waals surface area (Å²) in [5.74, 6) is 3.57. The lowest BCUT2D eigenvalue weighted by Gasteiger charge is -2.42. The van der Waals surface area contributed by atoms with Gasteiger partial charge in [0.1, 0.15) is 5.84 Å². The van der Waals surface area contributed by atoms with Crippen molar-refractivity contribution in [3.05, 3.63) is 64.2 Å². The number of halogens is 1. The second-order valence-electron chi connectivity index (χ2n) is 7.72. The Bertz CT molecular complexity index is 861. The lowest BCUT2D eigenvalue weighted by atomic mass is 9.72. The van der Waals surface area contributed by atoms with E-state index >= 15 is 0 Å². The van der Waals surface area contributed by atoms with Crippen molar-refractivity contribution in [1.29, 1.82) is 0 Å². The van der Waals surface area contributed by atoms with Crippen molar-refractivity contribution in [2.24, 2.45) is 10.4 Å². The van der Waals surface area contributed by atoms with Crippen molar-refractivity contribution in [2.75, 3.05) is 30.5 Å². The number of aliphatic imine (C=N–C) groups is 1. The van der Waals surface area contributed by atoms with E-state index in [1.165, 1.54) is 41.2 Å². The zero-order valence-electron chi connectivity index (χ0n) is 16.3. The summed E-state index contributed by atoms with van der Waals surface area (Å²) in [4.78, 5) is 5.08. The lowest BCUT2D eigenvalue weighted by molar-refractivity contribution is 0.202. The van der Waals surface area contributed by atoms with E-state index in [4.69, 9.17) is 21.3 Å². The zero-order chi connectivity index (χ0) is 19.4. The topological polar surface area (TPSA) is 33.6 Å². The molecule has 3 nitrogen and oxygen atoms in total. The Hall–Kier alpha value is -1.49. The maximum Gasteiger partial charge on any atom is 0.108 e. The molecule has 28 heavy (non-hydrogen) atoms. The van der Waals surface area contributed by atoms with Gasteiger partial charge in [0, 0.05) is 23.2 Å². The molecule has 0 aromatic heterocycles. The molecule has 1 fully saturated rings. The second kappa shape index (κ2) is 8.89. The molecule has 2 heterocycles. The molecule has 2 aliphatic heterocycles. The fourth-order valence-corrected chi connectivity index (χ4v) is 5.65. The van der Waals surface area contributed by atoms with E-state index in [1.807, 2.05) is 18.2 Å². The van der Waals surface area contributed by atoms with E-state index in [0.29, 0.717) is 6.54 Å². The summed E-state index contributed by atoms with van der Waals surface area (Å²) in [6.07, 6.45) is 4.38. The molecule has 0 atom stereocenters. The molecular weight excluding hydrogens is 388 g/mol. The van der Waals surface area contributed by atoms with Crippen LogP contribution in [-0.4, -0.2) is 31.1 Å². The molecule has 0 unspecified atom stereocenters. The van der Waals surface area contributed by atoms with E-state index in [-0.39, 0.29) is 5.41 Å². The molecule has 2 aromatic rings. The quantitative estimate of drug-likeness (QED) is 0.690. The summed E-state index contributed by atoms with van der Waals surface area (Å²) in [6, 6.07) is 14.8. The van der Waals surface area contributed by atoms with E-state index in [1.54, 1.807) is 7.11 Å². The zero-order valence-corrected chi connectivity index (χ0v) is 17.9. The maximum atomic E-state index is 6.16. The Morgan fingerprint density at radius 3 is 2.79 bits per heavy atom. The molecule has 1 spiro atoms. The number of fused-ring (bicyclic) bond motifs is 1. The van der Waals surface area contributed by atoms with Gasteiger partial charge >= 0.3 is 0 Å². The van der Waals surface area contributed by atoms with Gasteiger partial charge in [0.2, 0.25) is 0 Å². The van der Waals surface area contributed by atoms with Crippen LogP contribution in [0.15, 0.2) is 47.5 Å². The third kappa shape index (κ3) is 4.40. The van der Waals surface area contributed by atoms with Gasteiger partial charge in [-0.15, -0.1) is 0 Å². The standard InChI is InChI=1S/C23H27ClN2OS/c1-27-10-7-17-5-6-19-15-23(8-11-28-12-9-23)22(26-21(19)14-17)25-16-18-3-2-4-20(24)13-18/h2-6,13-14H,7-12,15-16H2,1H3,(H,25,26). The van der Waals surface area contributed by atoms with Crippen LogP contribution >= 0.6 is 23.4 Å². The third-order valence-electron chi connectivity index (χ3n) is 5.81. The summed E-state index contributed by atoms with van der Waals surface area (Å²) >= 11 is 8.22. The number of rotatable bonds is 5. The number of hydrogen-bond donors (Lipinski definition) is 1. The fraction of sp³-hybridized carbons (Fsp3) is 0.435. The minimum absolute atomic E-state index is 0.144. The van der Waals surface area contributed by atoms with Crippen LogP contribution in [0.3, 0.4) is 0 Å². The molecule has 148 valence electrons. The number of thioether (sulfide) groups is 1. The smallest absolute Gasteiger partial charge is 0.108 e. The number of benzene rings is 2. The first-order chi connectivity index (χ1) is 13.7. The molecule has 0 radical (unpaired) electrons. The number of nitrogens with one attached hydrogen (secondary N) is 1. The highest BCUT2D eigenvalue weighted by molar-refractivity contribution is 7.99. The van der Waals surface area contributed by atoms with Crippen molar-refractivity contribution in [3.63, 3.8) is 0 Å². The highest BCUT2D eigenvalue weighted by atomic mass is 35.5. The predicted octanol–water partition coefficient (Wildman–Crippen LogP) is 5.61. The van der Waals surface area contributed by atoms with Gasteiger partial charge in [0.15, 0.2) is 0 Å². The molecule has 2 aliphatic rings. The van der Waals surface area contributed by atoms with Crippen LogP contribution in [0, 0.1) is 5.41 Å². The fourth-order valence-electron chi connectivity index (χ4n) is 4.17. The molecule has 0 amide bonds. The van der Waals surface area contributed by atoms with Gasteiger partial charge in [-0.3, -0.25) is 4.99 Å². The summed E-state index contributed by atoms with van der Waals surface area (Å²) in [5, 5.41) is 4.50. The number of amidine groups is 1.